The van der Waals surface area contributed by atoms with E-state index < -0.39 is 0 Å². The minimum Gasteiger partial charge on any atom is -0.495 e. The quantitative estimate of drug-likeness (QED) is 0.572. The number of benzene rings is 2. The van der Waals surface area contributed by atoms with E-state index >= 15 is 0 Å². The minimum atomic E-state index is 0.185. The van der Waals surface area contributed by atoms with Gasteiger partial charge >= 0.3 is 0 Å². The van der Waals surface area contributed by atoms with Crippen molar-refractivity contribution in [3.05, 3.63) is 47.5 Å². The van der Waals surface area contributed by atoms with Crippen molar-refractivity contribution in [1.82, 2.24) is 9.88 Å². The summed E-state index contributed by atoms with van der Waals surface area (Å²) < 4.78 is 12.0. The Bertz CT molecular complexity index is 1010. The zero-order valence-corrected chi connectivity index (χ0v) is 19.4. The largest absolute Gasteiger partial charge is 0.495 e. The molecule has 7 heteroatoms. The van der Waals surface area contributed by atoms with Crippen LogP contribution in [0.5, 0.6) is 11.5 Å². The molecular formula is C24H29N3O3S. The normalized spacial score (nSPS) is 14.4. The average molecular weight is 440 g/mol. The van der Waals surface area contributed by atoms with Crippen LogP contribution in [0.4, 0.5) is 5.13 Å². The summed E-state index contributed by atoms with van der Waals surface area (Å²) in [6.07, 6.45) is 0.452. The van der Waals surface area contributed by atoms with Gasteiger partial charge in [0.15, 0.2) is 5.13 Å². The first-order chi connectivity index (χ1) is 15.0. The van der Waals surface area contributed by atoms with Crippen LogP contribution in [-0.4, -0.2) is 56.2 Å². The molecule has 0 radical (unpaired) electrons. The van der Waals surface area contributed by atoms with Crippen LogP contribution >= 0.6 is 11.3 Å². The monoisotopic (exact) mass is 439 g/mol. The molecular weight excluding hydrogens is 410 g/mol. The fourth-order valence-corrected chi connectivity index (χ4v) is 4.99. The molecule has 0 saturated carbocycles. The third-order valence-electron chi connectivity index (χ3n) is 5.80. The topological polar surface area (TPSA) is 54.9 Å². The van der Waals surface area contributed by atoms with Crippen LogP contribution < -0.4 is 14.4 Å². The molecule has 31 heavy (non-hydrogen) atoms. The smallest absolute Gasteiger partial charge is 0.227 e. The predicted molar refractivity (Wildman–Crippen MR) is 126 cm³/mol. The van der Waals surface area contributed by atoms with Crippen molar-refractivity contribution in [2.75, 3.05) is 45.3 Å². The van der Waals surface area contributed by atoms with Crippen LogP contribution in [0.15, 0.2) is 36.4 Å². The Morgan fingerprint density at radius 1 is 1.00 bits per heavy atom. The Morgan fingerprint density at radius 3 is 2.26 bits per heavy atom. The van der Waals surface area contributed by atoms with Gasteiger partial charge in [-0.25, -0.2) is 4.98 Å². The van der Waals surface area contributed by atoms with Crippen molar-refractivity contribution in [1.29, 1.82) is 0 Å². The van der Waals surface area contributed by atoms with E-state index in [2.05, 4.69) is 43.0 Å². The lowest BCUT2D eigenvalue weighted by molar-refractivity contribution is -0.130. The summed E-state index contributed by atoms with van der Waals surface area (Å²) in [5.41, 5.74) is 3.20. The maximum Gasteiger partial charge on any atom is 0.227 e. The standard InChI is InChI=1S/C24H29N3O3S/c1-16(2)18-7-5-17(6-8-18)15-21(28)26-11-13-27(14-12-26)24-25-22-19(29-3)9-10-20(30-4)23(22)31-24/h5-10,16H,11-15H2,1-4H3. The molecule has 6 nitrogen and oxygen atoms in total. The van der Waals surface area contributed by atoms with Crippen LogP contribution in [0.25, 0.3) is 10.2 Å². The second-order valence-corrected chi connectivity index (χ2v) is 9.06. The van der Waals surface area contributed by atoms with E-state index in [-0.39, 0.29) is 5.91 Å². The van der Waals surface area contributed by atoms with Crippen LogP contribution in [-0.2, 0) is 11.2 Å². The van der Waals surface area contributed by atoms with Crippen molar-refractivity contribution in [2.24, 2.45) is 0 Å². The minimum absolute atomic E-state index is 0.185. The SMILES string of the molecule is COc1ccc(OC)c2sc(N3CCN(C(=O)Cc4ccc(C(C)C)cc4)CC3)nc12. The van der Waals surface area contributed by atoms with Crippen molar-refractivity contribution >= 4 is 32.6 Å². The average Bonchev–Trinajstić information content (AvgIpc) is 3.24. The maximum absolute atomic E-state index is 12.8. The number of nitrogens with zero attached hydrogens (tertiary/aromatic N) is 3. The molecule has 3 aromatic rings. The molecule has 1 saturated heterocycles. The second-order valence-electron chi connectivity index (χ2n) is 8.09. The molecule has 1 fully saturated rings. The summed E-state index contributed by atoms with van der Waals surface area (Å²) in [6.45, 7) is 7.29. The molecule has 4 rings (SSSR count). The number of carbonyl (C=O) groups excluding carboxylic acids is 1. The lowest BCUT2D eigenvalue weighted by Gasteiger charge is -2.34. The van der Waals surface area contributed by atoms with Crippen molar-refractivity contribution in [3.63, 3.8) is 0 Å². The lowest BCUT2D eigenvalue weighted by Crippen LogP contribution is -2.49. The highest BCUT2D eigenvalue weighted by molar-refractivity contribution is 7.22. The van der Waals surface area contributed by atoms with E-state index in [1.807, 2.05) is 17.0 Å². The van der Waals surface area contributed by atoms with Gasteiger partial charge in [0.2, 0.25) is 5.91 Å². The fourth-order valence-electron chi connectivity index (χ4n) is 3.86. The number of carbonyl (C=O) groups is 1. The molecule has 0 bridgehead atoms. The number of ether oxygens (including phenoxy) is 2. The van der Waals surface area contributed by atoms with Crippen molar-refractivity contribution in [3.8, 4) is 11.5 Å². The van der Waals surface area contributed by atoms with Gasteiger partial charge in [0.05, 0.1) is 20.6 Å². The van der Waals surface area contributed by atoms with Gasteiger partial charge in [-0.1, -0.05) is 49.4 Å². The van der Waals surface area contributed by atoms with Crippen molar-refractivity contribution in [2.45, 2.75) is 26.2 Å². The first-order valence-electron chi connectivity index (χ1n) is 10.6. The number of methoxy groups -OCH3 is 2. The number of aromatic nitrogens is 1. The number of hydrogen-bond acceptors (Lipinski definition) is 6. The number of amides is 1. The van der Waals surface area contributed by atoms with E-state index in [0.717, 1.165) is 45.5 Å². The van der Waals surface area contributed by atoms with Crippen LogP contribution in [0.2, 0.25) is 0 Å². The molecule has 164 valence electrons. The lowest BCUT2D eigenvalue weighted by atomic mass is 10.0. The Balaban J connectivity index is 1.41. The molecule has 1 aliphatic rings. The molecule has 1 aliphatic heterocycles. The van der Waals surface area contributed by atoms with Crippen LogP contribution in [0, 0.1) is 0 Å². The summed E-state index contributed by atoms with van der Waals surface area (Å²) in [5.74, 6) is 2.23. The Kier molecular flexibility index (Phi) is 6.32. The first-order valence-corrected chi connectivity index (χ1v) is 11.4. The molecule has 0 unspecified atom stereocenters. The molecule has 0 aliphatic carbocycles. The highest BCUT2D eigenvalue weighted by Crippen LogP contribution is 2.40. The Labute approximate surface area is 187 Å². The van der Waals surface area contributed by atoms with Gasteiger partial charge in [0.1, 0.15) is 21.7 Å². The highest BCUT2D eigenvalue weighted by atomic mass is 32.1. The van der Waals surface area contributed by atoms with E-state index in [4.69, 9.17) is 14.5 Å². The van der Waals surface area contributed by atoms with E-state index in [0.29, 0.717) is 25.4 Å². The zero-order valence-electron chi connectivity index (χ0n) is 18.6. The van der Waals surface area contributed by atoms with Gasteiger partial charge in [-0.3, -0.25) is 4.79 Å². The number of thiazole rings is 1. The van der Waals surface area contributed by atoms with Crippen LogP contribution in [0.1, 0.15) is 30.9 Å². The Hall–Kier alpha value is -2.80. The molecule has 1 aromatic heterocycles. The molecule has 0 N–H and O–H groups in total. The fraction of sp³-hybridized carbons (Fsp3) is 0.417. The van der Waals surface area contributed by atoms with E-state index in [9.17, 15) is 4.79 Å². The number of anilines is 1. The number of hydrogen-bond donors (Lipinski definition) is 0. The van der Waals surface area contributed by atoms with E-state index in [1.165, 1.54) is 5.56 Å². The molecule has 0 spiro atoms. The number of fused-ring (bicyclic) bond motifs is 1. The predicted octanol–water partition coefficient (Wildman–Crippen LogP) is 4.33. The third-order valence-corrected chi connectivity index (χ3v) is 6.93. The summed E-state index contributed by atoms with van der Waals surface area (Å²) in [4.78, 5) is 21.8. The maximum atomic E-state index is 12.8. The van der Waals surface area contributed by atoms with Crippen molar-refractivity contribution < 1.29 is 14.3 Å². The first kappa shape index (κ1) is 21.4. The van der Waals surface area contributed by atoms with Gasteiger partial charge in [0.25, 0.3) is 0 Å². The number of rotatable bonds is 6. The summed E-state index contributed by atoms with van der Waals surface area (Å²) in [7, 11) is 3.32. The van der Waals surface area contributed by atoms with E-state index in [1.54, 1.807) is 25.6 Å². The van der Waals surface area contributed by atoms with Gasteiger partial charge < -0.3 is 19.3 Å². The molecule has 2 aromatic carbocycles. The van der Waals surface area contributed by atoms with Gasteiger partial charge in [-0.15, -0.1) is 0 Å². The molecule has 1 amide bonds. The summed E-state index contributed by atoms with van der Waals surface area (Å²) in [6, 6.07) is 12.2. The highest BCUT2D eigenvalue weighted by Gasteiger charge is 2.24. The molecule has 0 atom stereocenters. The van der Waals surface area contributed by atoms with Gasteiger partial charge in [0, 0.05) is 26.2 Å². The Morgan fingerprint density at radius 2 is 1.65 bits per heavy atom. The third kappa shape index (κ3) is 4.46. The molecule has 2 heterocycles. The van der Waals surface area contributed by atoms with Gasteiger partial charge in [-0.05, 0) is 29.2 Å². The zero-order chi connectivity index (χ0) is 22.0. The van der Waals surface area contributed by atoms with Gasteiger partial charge in [-0.2, -0.15) is 0 Å². The number of piperazine rings is 1. The van der Waals surface area contributed by atoms with Crippen LogP contribution in [0.3, 0.4) is 0 Å². The summed E-state index contributed by atoms with van der Waals surface area (Å²) >= 11 is 1.61. The summed E-state index contributed by atoms with van der Waals surface area (Å²) in [5, 5.41) is 0.939. The second kappa shape index (κ2) is 9.14.